The van der Waals surface area contributed by atoms with Crippen LogP contribution in [-0.4, -0.2) is 19.5 Å². The van der Waals surface area contributed by atoms with E-state index in [1.54, 1.807) is 0 Å². The summed E-state index contributed by atoms with van der Waals surface area (Å²) in [5, 5.41) is 1.39. The van der Waals surface area contributed by atoms with E-state index in [9.17, 15) is 0 Å². The molecule has 2 aromatic carbocycles. The Kier molecular flexibility index (Phi) is 5.77. The second kappa shape index (κ2) is 7.91. The van der Waals surface area contributed by atoms with Crippen LogP contribution in [0.4, 0.5) is 0 Å². The minimum Gasteiger partial charge on any atom is -0.488 e. The molecule has 0 amide bonds. The lowest BCUT2D eigenvalue weighted by molar-refractivity contribution is 0.273. The third-order valence-electron chi connectivity index (χ3n) is 5.61. The van der Waals surface area contributed by atoms with Crippen molar-refractivity contribution in [1.82, 2.24) is 4.57 Å². The van der Waals surface area contributed by atoms with E-state index in [0.717, 1.165) is 24.3 Å². The summed E-state index contributed by atoms with van der Waals surface area (Å²) in [6.45, 7) is 13.6. The van der Waals surface area contributed by atoms with Crippen molar-refractivity contribution in [1.29, 1.82) is 0 Å². The van der Waals surface area contributed by atoms with Crippen LogP contribution in [0.15, 0.2) is 60.8 Å². The number of nitrogens with zero attached hydrogens (tertiary/aromatic N) is 1. The molecule has 0 aliphatic heterocycles. The first-order valence-corrected chi connectivity index (χ1v) is 12.6. The van der Waals surface area contributed by atoms with Crippen molar-refractivity contribution in [2.75, 3.05) is 6.61 Å². The molecule has 0 saturated heterocycles. The molecule has 1 heterocycles. The van der Waals surface area contributed by atoms with E-state index in [1.807, 2.05) is 24.3 Å². The third-order valence-corrected chi connectivity index (χ3v) is 10.2. The highest BCUT2D eigenvalue weighted by molar-refractivity contribution is 6.74. The van der Waals surface area contributed by atoms with Gasteiger partial charge < -0.3 is 13.7 Å². The number of fused-ring (bicyclic) bond motifs is 1. The lowest BCUT2D eigenvalue weighted by Crippen LogP contribution is -2.41. The molecule has 0 aliphatic rings. The van der Waals surface area contributed by atoms with Crippen LogP contribution in [0, 0.1) is 0 Å². The van der Waals surface area contributed by atoms with E-state index in [1.165, 1.54) is 11.1 Å². The predicted molar refractivity (Wildman–Crippen MR) is 116 cm³/mol. The van der Waals surface area contributed by atoms with Crippen molar-refractivity contribution in [3.8, 4) is 5.75 Å². The fourth-order valence-corrected chi connectivity index (χ4v) is 3.90. The van der Waals surface area contributed by atoms with Gasteiger partial charge in [-0.1, -0.05) is 57.2 Å². The van der Waals surface area contributed by atoms with E-state index in [0.29, 0.717) is 6.61 Å². The van der Waals surface area contributed by atoms with Gasteiger partial charge in [0.1, 0.15) is 12.4 Å². The van der Waals surface area contributed by atoms with Crippen LogP contribution < -0.4 is 4.74 Å². The molecule has 0 saturated carbocycles. The minimum atomic E-state index is -1.70. The Hall–Kier alpha value is -2.04. The van der Waals surface area contributed by atoms with Gasteiger partial charge >= 0.3 is 0 Å². The van der Waals surface area contributed by atoms with Gasteiger partial charge in [-0.15, -0.1) is 0 Å². The summed E-state index contributed by atoms with van der Waals surface area (Å²) in [6, 6.07) is 18.7. The molecule has 0 bridgehead atoms. The molecule has 3 nitrogen and oxygen atoms in total. The van der Waals surface area contributed by atoms with Crippen LogP contribution in [-0.2, 0) is 17.6 Å². The van der Waals surface area contributed by atoms with E-state index in [4.69, 9.17) is 9.16 Å². The summed E-state index contributed by atoms with van der Waals surface area (Å²) < 4.78 is 14.7. The summed E-state index contributed by atoms with van der Waals surface area (Å²) in [7, 11) is -1.70. The Morgan fingerprint density at radius 3 is 2.37 bits per heavy atom. The van der Waals surface area contributed by atoms with Crippen molar-refractivity contribution in [2.45, 2.75) is 52.1 Å². The van der Waals surface area contributed by atoms with Crippen LogP contribution in [0.25, 0.3) is 10.9 Å². The number of hydrogen-bond acceptors (Lipinski definition) is 2. The number of aromatic nitrogens is 1. The number of hydrogen-bond donors (Lipinski definition) is 0. The quantitative estimate of drug-likeness (QED) is 0.452. The normalized spacial score (nSPS) is 12.5. The van der Waals surface area contributed by atoms with E-state index in [2.05, 4.69) is 75.0 Å². The molecule has 27 heavy (non-hydrogen) atoms. The van der Waals surface area contributed by atoms with Crippen LogP contribution in [0.2, 0.25) is 18.1 Å². The average molecular weight is 382 g/mol. The van der Waals surface area contributed by atoms with Gasteiger partial charge in [-0.05, 0) is 41.9 Å². The molecule has 3 aromatic rings. The molecular formula is C23H31NO2Si. The lowest BCUT2D eigenvalue weighted by atomic mass is 10.2. The third kappa shape index (κ3) is 4.63. The number of benzene rings is 2. The van der Waals surface area contributed by atoms with Crippen LogP contribution in [0.5, 0.6) is 5.75 Å². The highest BCUT2D eigenvalue weighted by Gasteiger charge is 2.36. The molecule has 0 fully saturated rings. The number of rotatable bonds is 7. The SMILES string of the molecule is CC(C)(C)[Si](C)(C)OCCn1ccc2c(OCc3ccccc3)cccc21. The fourth-order valence-electron chi connectivity index (χ4n) is 2.87. The molecule has 0 aliphatic carbocycles. The average Bonchev–Trinajstić information content (AvgIpc) is 3.03. The van der Waals surface area contributed by atoms with Gasteiger partial charge in [-0.3, -0.25) is 0 Å². The highest BCUT2D eigenvalue weighted by atomic mass is 28.4. The Labute approximate surface area is 164 Å². The number of ether oxygens (including phenoxy) is 1. The topological polar surface area (TPSA) is 23.4 Å². The van der Waals surface area contributed by atoms with E-state index in [-0.39, 0.29) is 5.04 Å². The van der Waals surface area contributed by atoms with Gasteiger partial charge in [0.15, 0.2) is 8.32 Å². The minimum absolute atomic E-state index is 0.240. The van der Waals surface area contributed by atoms with Crippen molar-refractivity contribution in [3.63, 3.8) is 0 Å². The molecule has 0 N–H and O–H groups in total. The van der Waals surface area contributed by atoms with Gasteiger partial charge in [0.2, 0.25) is 0 Å². The van der Waals surface area contributed by atoms with Crippen LogP contribution >= 0.6 is 0 Å². The molecule has 0 unspecified atom stereocenters. The first-order valence-electron chi connectivity index (χ1n) is 9.66. The molecule has 0 atom stereocenters. The fraction of sp³-hybridized carbons (Fsp3) is 0.391. The zero-order valence-electron chi connectivity index (χ0n) is 17.2. The molecule has 0 spiro atoms. The maximum Gasteiger partial charge on any atom is 0.192 e. The van der Waals surface area contributed by atoms with Crippen molar-refractivity contribution in [3.05, 3.63) is 66.4 Å². The van der Waals surface area contributed by atoms with Gasteiger partial charge in [0, 0.05) is 18.1 Å². The van der Waals surface area contributed by atoms with Crippen molar-refractivity contribution in [2.24, 2.45) is 0 Å². The Morgan fingerprint density at radius 2 is 1.67 bits per heavy atom. The zero-order valence-corrected chi connectivity index (χ0v) is 18.2. The molecule has 3 rings (SSSR count). The second-order valence-corrected chi connectivity index (χ2v) is 13.4. The summed E-state index contributed by atoms with van der Waals surface area (Å²) in [5.74, 6) is 0.931. The molecule has 1 aromatic heterocycles. The Bertz CT molecular complexity index is 878. The molecule has 144 valence electrons. The second-order valence-electron chi connectivity index (χ2n) is 8.58. The summed E-state index contributed by atoms with van der Waals surface area (Å²) in [6.07, 6.45) is 2.13. The van der Waals surface area contributed by atoms with E-state index >= 15 is 0 Å². The van der Waals surface area contributed by atoms with E-state index < -0.39 is 8.32 Å². The largest absolute Gasteiger partial charge is 0.488 e. The summed E-state index contributed by atoms with van der Waals surface area (Å²) in [4.78, 5) is 0. The highest BCUT2D eigenvalue weighted by Crippen LogP contribution is 2.36. The molecule has 4 heteroatoms. The van der Waals surface area contributed by atoms with Crippen molar-refractivity contribution >= 4 is 19.2 Å². The zero-order chi connectivity index (χ0) is 19.5. The van der Waals surface area contributed by atoms with Gasteiger partial charge in [-0.25, -0.2) is 0 Å². The monoisotopic (exact) mass is 381 g/mol. The summed E-state index contributed by atoms with van der Waals surface area (Å²) in [5.41, 5.74) is 2.37. The molecule has 0 radical (unpaired) electrons. The predicted octanol–water partition coefficient (Wildman–Crippen LogP) is 6.24. The smallest absolute Gasteiger partial charge is 0.192 e. The standard InChI is InChI=1S/C23H31NO2Si/c1-23(2,3)27(4,5)26-17-16-24-15-14-20-21(24)12-9-13-22(20)25-18-19-10-7-6-8-11-19/h6-15H,16-18H2,1-5H3. The van der Waals surface area contributed by atoms with Gasteiger partial charge in [0.25, 0.3) is 0 Å². The maximum absolute atomic E-state index is 6.34. The lowest BCUT2D eigenvalue weighted by Gasteiger charge is -2.36. The first-order chi connectivity index (χ1) is 12.8. The van der Waals surface area contributed by atoms with Crippen LogP contribution in [0.3, 0.4) is 0 Å². The van der Waals surface area contributed by atoms with Crippen LogP contribution in [0.1, 0.15) is 26.3 Å². The van der Waals surface area contributed by atoms with Gasteiger partial charge in [0.05, 0.1) is 12.1 Å². The molecular weight excluding hydrogens is 350 g/mol. The van der Waals surface area contributed by atoms with Crippen molar-refractivity contribution < 1.29 is 9.16 Å². The Morgan fingerprint density at radius 1 is 0.926 bits per heavy atom. The first kappa shape index (κ1) is 19.7. The Balaban J connectivity index is 1.68. The van der Waals surface area contributed by atoms with Gasteiger partial charge in [-0.2, -0.15) is 0 Å². The summed E-state index contributed by atoms with van der Waals surface area (Å²) >= 11 is 0. The maximum atomic E-state index is 6.34.